The average Bonchev–Trinajstić information content (AvgIpc) is 3.45. The van der Waals surface area contributed by atoms with Crippen LogP contribution in [0.4, 0.5) is 10.1 Å². The summed E-state index contributed by atoms with van der Waals surface area (Å²) < 4.78 is 13.4. The molecular weight excluding hydrogens is 319 g/mol. The summed E-state index contributed by atoms with van der Waals surface area (Å²) in [6.07, 6.45) is 1.82. The first kappa shape index (κ1) is 17.1. The molecule has 0 aromatic heterocycles. The van der Waals surface area contributed by atoms with Crippen LogP contribution in [0.2, 0.25) is 0 Å². The van der Waals surface area contributed by atoms with Crippen molar-refractivity contribution in [2.75, 3.05) is 11.9 Å². The highest BCUT2D eigenvalue weighted by Gasteiger charge is 2.33. The van der Waals surface area contributed by atoms with Gasteiger partial charge in [-0.3, -0.25) is 9.59 Å². The summed E-state index contributed by atoms with van der Waals surface area (Å²) in [7, 11) is 1.70. The second-order valence-corrected chi connectivity index (χ2v) is 6.44. The number of amides is 2. The number of nitrogens with zero attached hydrogens (tertiary/aromatic N) is 1. The van der Waals surface area contributed by atoms with Crippen molar-refractivity contribution in [3.8, 4) is 0 Å². The molecule has 25 heavy (non-hydrogen) atoms. The third-order valence-electron chi connectivity index (χ3n) is 4.46. The topological polar surface area (TPSA) is 49.4 Å². The van der Waals surface area contributed by atoms with Crippen LogP contribution in [0, 0.1) is 11.7 Å². The summed E-state index contributed by atoms with van der Waals surface area (Å²) in [5.41, 5.74) is 1.71. The lowest BCUT2D eigenvalue weighted by Crippen LogP contribution is -2.32. The Balaban J connectivity index is 1.79. The lowest BCUT2D eigenvalue weighted by Gasteiger charge is -2.21. The molecule has 2 aromatic carbocycles. The highest BCUT2D eigenvalue weighted by molar-refractivity contribution is 6.05. The number of halogens is 1. The molecule has 0 aliphatic heterocycles. The van der Waals surface area contributed by atoms with Crippen LogP contribution in [0.25, 0.3) is 0 Å². The number of carbonyl (C=O) groups is 2. The molecule has 3 rings (SSSR count). The molecule has 2 aromatic rings. The molecule has 4 nitrogen and oxygen atoms in total. The van der Waals surface area contributed by atoms with Crippen LogP contribution < -0.4 is 10.2 Å². The van der Waals surface area contributed by atoms with Gasteiger partial charge in [-0.15, -0.1) is 0 Å². The maximum Gasteiger partial charge on any atom is 0.253 e. The van der Waals surface area contributed by atoms with Crippen molar-refractivity contribution < 1.29 is 14.0 Å². The Labute approximate surface area is 146 Å². The Morgan fingerprint density at radius 3 is 2.56 bits per heavy atom. The maximum absolute atomic E-state index is 13.4. The van der Waals surface area contributed by atoms with E-state index in [-0.39, 0.29) is 29.6 Å². The van der Waals surface area contributed by atoms with Crippen molar-refractivity contribution in [2.45, 2.75) is 25.8 Å². The largest absolute Gasteiger partial charge is 0.345 e. The number of para-hydroxylation sites is 1. The molecule has 1 saturated carbocycles. The highest BCUT2D eigenvalue weighted by Crippen LogP contribution is 2.33. The number of anilines is 1. The molecule has 1 aliphatic carbocycles. The van der Waals surface area contributed by atoms with E-state index >= 15 is 0 Å². The van der Waals surface area contributed by atoms with Crippen molar-refractivity contribution >= 4 is 17.5 Å². The molecule has 0 unspecified atom stereocenters. The van der Waals surface area contributed by atoms with Crippen molar-refractivity contribution in [3.63, 3.8) is 0 Å². The minimum Gasteiger partial charge on any atom is -0.345 e. The Morgan fingerprint density at radius 1 is 1.16 bits per heavy atom. The van der Waals surface area contributed by atoms with Crippen molar-refractivity contribution in [1.29, 1.82) is 0 Å². The summed E-state index contributed by atoms with van der Waals surface area (Å²) in [6.45, 7) is 1.80. The van der Waals surface area contributed by atoms with E-state index in [1.807, 2.05) is 0 Å². The molecule has 2 amide bonds. The van der Waals surface area contributed by atoms with Crippen LogP contribution in [0.15, 0.2) is 48.5 Å². The number of nitrogens with one attached hydrogen (secondary N) is 1. The summed E-state index contributed by atoms with van der Waals surface area (Å²) >= 11 is 0. The van der Waals surface area contributed by atoms with Crippen LogP contribution in [0.1, 0.15) is 41.7 Å². The van der Waals surface area contributed by atoms with Gasteiger partial charge in [-0.2, -0.15) is 0 Å². The molecule has 0 saturated heterocycles. The maximum atomic E-state index is 13.4. The summed E-state index contributed by atoms with van der Waals surface area (Å²) in [5, 5.41) is 2.88. The quantitative estimate of drug-likeness (QED) is 0.902. The second-order valence-electron chi connectivity index (χ2n) is 6.44. The first-order valence-electron chi connectivity index (χ1n) is 8.40. The molecule has 1 aliphatic rings. The zero-order chi connectivity index (χ0) is 18.0. The molecule has 0 heterocycles. The van der Waals surface area contributed by atoms with Gasteiger partial charge >= 0.3 is 0 Å². The van der Waals surface area contributed by atoms with Gasteiger partial charge in [0.15, 0.2) is 0 Å². The molecular formula is C20H21FN2O2. The fourth-order valence-electron chi connectivity index (χ4n) is 2.81. The monoisotopic (exact) mass is 340 g/mol. The fraction of sp³-hybridized carbons (Fsp3) is 0.300. The zero-order valence-electron chi connectivity index (χ0n) is 14.3. The standard InChI is InChI=1S/C20H21FN2O2/c1-13(15-6-5-7-16(21)12-15)22-19(24)17-8-3-4-9-18(17)23(2)20(25)14-10-11-14/h3-9,12-14H,10-11H2,1-2H3,(H,22,24)/t13-/m0/s1. The van der Waals surface area contributed by atoms with E-state index < -0.39 is 0 Å². The van der Waals surface area contributed by atoms with E-state index in [2.05, 4.69) is 5.32 Å². The number of benzene rings is 2. The summed E-state index contributed by atoms with van der Waals surface area (Å²) in [4.78, 5) is 26.6. The van der Waals surface area contributed by atoms with Gasteiger partial charge in [0, 0.05) is 13.0 Å². The van der Waals surface area contributed by atoms with Crippen molar-refractivity contribution in [3.05, 3.63) is 65.5 Å². The Kier molecular flexibility index (Phi) is 4.83. The first-order valence-corrected chi connectivity index (χ1v) is 8.40. The number of hydrogen-bond donors (Lipinski definition) is 1. The van der Waals surface area contributed by atoms with E-state index in [0.717, 1.165) is 12.8 Å². The van der Waals surface area contributed by atoms with Crippen LogP contribution in [0.3, 0.4) is 0 Å². The molecule has 0 radical (unpaired) electrons. The molecule has 1 N–H and O–H groups in total. The minimum absolute atomic E-state index is 0.0402. The molecule has 1 atom stereocenters. The van der Waals surface area contributed by atoms with E-state index in [4.69, 9.17) is 0 Å². The third kappa shape index (κ3) is 3.87. The Morgan fingerprint density at radius 2 is 1.88 bits per heavy atom. The van der Waals surface area contributed by atoms with E-state index in [1.165, 1.54) is 12.1 Å². The summed E-state index contributed by atoms with van der Waals surface area (Å²) in [6, 6.07) is 12.8. The van der Waals surface area contributed by atoms with Crippen molar-refractivity contribution in [1.82, 2.24) is 5.32 Å². The number of hydrogen-bond acceptors (Lipinski definition) is 2. The second kappa shape index (κ2) is 7.05. The van der Waals surface area contributed by atoms with Crippen molar-refractivity contribution in [2.24, 2.45) is 5.92 Å². The SMILES string of the molecule is C[C@H](NC(=O)c1ccccc1N(C)C(=O)C1CC1)c1cccc(F)c1. The van der Waals surface area contributed by atoms with Gasteiger partial charge < -0.3 is 10.2 Å². The molecule has 130 valence electrons. The lowest BCUT2D eigenvalue weighted by molar-refractivity contribution is -0.119. The van der Waals surface area contributed by atoms with E-state index in [1.54, 1.807) is 55.3 Å². The molecule has 0 bridgehead atoms. The number of rotatable bonds is 5. The Bertz CT molecular complexity index is 802. The highest BCUT2D eigenvalue weighted by atomic mass is 19.1. The number of carbonyl (C=O) groups excluding carboxylic acids is 2. The first-order chi connectivity index (χ1) is 12.0. The molecule has 0 spiro atoms. The van der Waals surface area contributed by atoms with Crippen LogP contribution in [0.5, 0.6) is 0 Å². The third-order valence-corrected chi connectivity index (χ3v) is 4.46. The van der Waals surface area contributed by atoms with Gasteiger partial charge in [0.2, 0.25) is 5.91 Å². The van der Waals surface area contributed by atoms with Gasteiger partial charge in [0.25, 0.3) is 5.91 Å². The molecule has 5 heteroatoms. The van der Waals surface area contributed by atoms with Crippen LogP contribution in [-0.2, 0) is 4.79 Å². The Hall–Kier alpha value is -2.69. The fourth-order valence-corrected chi connectivity index (χ4v) is 2.81. The predicted molar refractivity (Wildman–Crippen MR) is 94.9 cm³/mol. The van der Waals surface area contributed by atoms with Gasteiger partial charge in [0.1, 0.15) is 5.82 Å². The van der Waals surface area contributed by atoms with Gasteiger partial charge in [0.05, 0.1) is 17.3 Å². The van der Waals surface area contributed by atoms with Gasteiger partial charge in [-0.1, -0.05) is 24.3 Å². The van der Waals surface area contributed by atoms with Gasteiger partial charge in [-0.05, 0) is 49.6 Å². The minimum atomic E-state index is -0.347. The zero-order valence-corrected chi connectivity index (χ0v) is 14.3. The van der Waals surface area contributed by atoms with E-state index in [0.29, 0.717) is 16.8 Å². The predicted octanol–water partition coefficient (Wildman–Crippen LogP) is 3.69. The lowest BCUT2D eigenvalue weighted by atomic mass is 10.1. The van der Waals surface area contributed by atoms with E-state index in [9.17, 15) is 14.0 Å². The normalized spacial score (nSPS) is 14.7. The molecule has 1 fully saturated rings. The van der Waals surface area contributed by atoms with Gasteiger partial charge in [-0.25, -0.2) is 4.39 Å². The average molecular weight is 340 g/mol. The van der Waals surface area contributed by atoms with Crippen LogP contribution >= 0.6 is 0 Å². The van der Waals surface area contributed by atoms with Crippen LogP contribution in [-0.4, -0.2) is 18.9 Å². The summed E-state index contributed by atoms with van der Waals surface area (Å²) in [5.74, 6) is -0.512. The smallest absolute Gasteiger partial charge is 0.253 e.